The molecule has 0 aliphatic rings. The number of nitrogens with zero attached hydrogens (tertiary/aromatic N) is 2. The highest BCUT2D eigenvalue weighted by Crippen LogP contribution is 2.21. The van der Waals surface area contributed by atoms with Gasteiger partial charge in [0.25, 0.3) is 0 Å². The molecule has 0 unspecified atom stereocenters. The van der Waals surface area contributed by atoms with Gasteiger partial charge in [0.15, 0.2) is 5.82 Å². The second-order valence-electron chi connectivity index (χ2n) is 5.77. The Labute approximate surface area is 150 Å². The van der Waals surface area contributed by atoms with Crippen molar-refractivity contribution in [3.63, 3.8) is 0 Å². The van der Waals surface area contributed by atoms with E-state index in [0.29, 0.717) is 29.4 Å². The first-order valence-corrected chi connectivity index (χ1v) is 8.15. The van der Waals surface area contributed by atoms with E-state index in [1.807, 2.05) is 25.1 Å². The lowest BCUT2D eigenvalue weighted by Gasteiger charge is -2.07. The lowest BCUT2D eigenvalue weighted by atomic mass is 10.1. The molecule has 0 atom stereocenters. The molecule has 3 aromatic rings. The number of nitrogens with one attached hydrogen (secondary N) is 2. The van der Waals surface area contributed by atoms with Gasteiger partial charge < -0.3 is 5.32 Å². The van der Waals surface area contributed by atoms with E-state index in [9.17, 15) is 9.65 Å². The molecule has 0 saturated heterocycles. The molecule has 2 aromatic carbocycles. The van der Waals surface area contributed by atoms with Crippen molar-refractivity contribution in [1.82, 2.24) is 10.2 Å². The number of anilines is 1. The maximum Gasteiger partial charge on any atom is 0.166 e. The molecule has 0 aliphatic heterocycles. The number of aromatic amines is 1. The van der Waals surface area contributed by atoms with Crippen LogP contribution in [0.1, 0.15) is 27.9 Å². The molecule has 0 spiro atoms. The zero-order valence-corrected chi connectivity index (χ0v) is 14.4. The fourth-order valence-corrected chi connectivity index (χ4v) is 2.85. The van der Waals surface area contributed by atoms with Crippen LogP contribution in [0.25, 0.3) is 0 Å². The average molecular weight is 355 g/mol. The molecule has 6 heteroatoms. The van der Waals surface area contributed by atoms with Crippen LogP contribution in [0.3, 0.4) is 0 Å². The van der Waals surface area contributed by atoms with Gasteiger partial charge in [0.1, 0.15) is 17.4 Å². The quantitative estimate of drug-likeness (QED) is 0.704. The van der Waals surface area contributed by atoms with E-state index in [-0.39, 0.29) is 5.82 Å². The first-order chi connectivity index (χ1) is 12.1. The van der Waals surface area contributed by atoms with Gasteiger partial charge in [-0.1, -0.05) is 29.8 Å². The van der Waals surface area contributed by atoms with Gasteiger partial charge in [-0.25, -0.2) is 4.39 Å². The second kappa shape index (κ2) is 7.37. The summed E-state index contributed by atoms with van der Waals surface area (Å²) >= 11 is 6.00. The predicted octanol–water partition coefficient (Wildman–Crippen LogP) is 4.59. The van der Waals surface area contributed by atoms with Crippen LogP contribution < -0.4 is 5.32 Å². The van der Waals surface area contributed by atoms with Gasteiger partial charge in [-0.05, 0) is 47.9 Å². The highest BCUT2D eigenvalue weighted by Gasteiger charge is 2.13. The van der Waals surface area contributed by atoms with Crippen molar-refractivity contribution in [2.24, 2.45) is 0 Å². The van der Waals surface area contributed by atoms with Gasteiger partial charge >= 0.3 is 0 Å². The molecule has 4 nitrogen and oxygen atoms in total. The smallest absolute Gasteiger partial charge is 0.166 e. The molecule has 3 rings (SSSR count). The van der Waals surface area contributed by atoms with Crippen LogP contribution in [0, 0.1) is 24.1 Å². The van der Waals surface area contributed by atoms with Crippen molar-refractivity contribution in [2.75, 3.05) is 5.32 Å². The Bertz CT molecular complexity index is 943. The standard InChI is InChI=1S/C19H16ClFN4/c1-12-7-16(21)6-5-14(12)11-23-19-17(10-22)18(24-25-19)9-13-3-2-4-15(20)8-13/h2-8H,9,11H2,1H3,(H2,23,24,25). The Balaban J connectivity index is 1.77. The molecule has 0 saturated carbocycles. The highest BCUT2D eigenvalue weighted by molar-refractivity contribution is 6.30. The van der Waals surface area contributed by atoms with Gasteiger partial charge in [-0.2, -0.15) is 10.4 Å². The zero-order chi connectivity index (χ0) is 17.8. The largest absolute Gasteiger partial charge is 0.363 e. The third-order valence-electron chi connectivity index (χ3n) is 3.97. The molecule has 0 aliphatic carbocycles. The minimum atomic E-state index is -0.262. The molecular formula is C19H16ClFN4. The molecule has 25 heavy (non-hydrogen) atoms. The van der Waals surface area contributed by atoms with Gasteiger partial charge in [-0.3, -0.25) is 5.10 Å². The Morgan fingerprint density at radius 1 is 1.28 bits per heavy atom. The first-order valence-electron chi connectivity index (χ1n) is 7.77. The van der Waals surface area contributed by atoms with E-state index in [2.05, 4.69) is 21.6 Å². The molecule has 2 N–H and O–H groups in total. The molecular weight excluding hydrogens is 339 g/mol. The Kier molecular flexibility index (Phi) is 5.01. The maximum atomic E-state index is 13.2. The fourth-order valence-electron chi connectivity index (χ4n) is 2.64. The number of aromatic nitrogens is 2. The number of hydrogen-bond acceptors (Lipinski definition) is 3. The number of hydrogen-bond donors (Lipinski definition) is 2. The zero-order valence-electron chi connectivity index (χ0n) is 13.6. The second-order valence-corrected chi connectivity index (χ2v) is 6.21. The first kappa shape index (κ1) is 17.0. The van der Waals surface area contributed by atoms with Gasteiger partial charge in [0.05, 0.1) is 5.69 Å². The summed E-state index contributed by atoms with van der Waals surface area (Å²) in [7, 11) is 0. The molecule has 0 fully saturated rings. The fraction of sp³-hybridized carbons (Fsp3) is 0.158. The topological polar surface area (TPSA) is 64.5 Å². The summed E-state index contributed by atoms with van der Waals surface area (Å²) in [4.78, 5) is 0. The van der Waals surface area contributed by atoms with Gasteiger partial charge in [-0.15, -0.1) is 0 Å². The Morgan fingerprint density at radius 2 is 2.12 bits per heavy atom. The number of H-pyrrole nitrogens is 1. The van der Waals surface area contributed by atoms with E-state index in [0.717, 1.165) is 22.4 Å². The van der Waals surface area contributed by atoms with E-state index in [1.54, 1.807) is 12.1 Å². The third-order valence-corrected chi connectivity index (χ3v) is 4.21. The minimum absolute atomic E-state index is 0.262. The highest BCUT2D eigenvalue weighted by atomic mass is 35.5. The van der Waals surface area contributed by atoms with Crippen molar-refractivity contribution < 1.29 is 4.39 Å². The van der Waals surface area contributed by atoms with E-state index in [4.69, 9.17) is 11.6 Å². The van der Waals surface area contributed by atoms with Crippen LogP contribution in [0.15, 0.2) is 42.5 Å². The van der Waals surface area contributed by atoms with Crippen molar-refractivity contribution in [3.8, 4) is 6.07 Å². The number of halogens is 2. The monoisotopic (exact) mass is 354 g/mol. The van der Waals surface area contributed by atoms with Gasteiger partial charge in [0, 0.05) is 18.0 Å². The molecule has 0 bridgehead atoms. The average Bonchev–Trinajstić information content (AvgIpc) is 2.95. The summed E-state index contributed by atoms with van der Waals surface area (Å²) in [6.07, 6.45) is 0.535. The molecule has 126 valence electrons. The molecule has 0 radical (unpaired) electrons. The Morgan fingerprint density at radius 3 is 2.84 bits per heavy atom. The maximum absolute atomic E-state index is 13.2. The summed E-state index contributed by atoms with van der Waals surface area (Å²) < 4.78 is 13.2. The lowest BCUT2D eigenvalue weighted by molar-refractivity contribution is 0.625. The Hall–Kier alpha value is -2.84. The number of aryl methyl sites for hydroxylation is 1. The van der Waals surface area contributed by atoms with E-state index >= 15 is 0 Å². The lowest BCUT2D eigenvalue weighted by Crippen LogP contribution is -2.03. The van der Waals surface area contributed by atoms with Crippen LogP contribution in [-0.2, 0) is 13.0 Å². The van der Waals surface area contributed by atoms with Crippen molar-refractivity contribution in [2.45, 2.75) is 19.9 Å². The van der Waals surface area contributed by atoms with E-state index < -0.39 is 0 Å². The van der Waals surface area contributed by atoms with Crippen LogP contribution in [-0.4, -0.2) is 10.2 Å². The molecule has 0 amide bonds. The number of nitriles is 1. The van der Waals surface area contributed by atoms with Crippen LogP contribution in [0.4, 0.5) is 10.2 Å². The van der Waals surface area contributed by atoms with Gasteiger partial charge in [0.2, 0.25) is 0 Å². The molecule has 1 aromatic heterocycles. The van der Waals surface area contributed by atoms with E-state index in [1.165, 1.54) is 12.1 Å². The normalized spacial score (nSPS) is 10.5. The van der Waals surface area contributed by atoms with Crippen molar-refractivity contribution >= 4 is 17.4 Å². The van der Waals surface area contributed by atoms with Crippen molar-refractivity contribution in [3.05, 3.63) is 81.3 Å². The number of benzene rings is 2. The predicted molar refractivity (Wildman–Crippen MR) is 96.0 cm³/mol. The molecule has 1 heterocycles. The SMILES string of the molecule is Cc1cc(F)ccc1CNc1n[nH]c(Cc2cccc(Cl)c2)c1C#N. The summed E-state index contributed by atoms with van der Waals surface area (Å²) in [6.45, 7) is 2.31. The van der Waals surface area contributed by atoms with Crippen LogP contribution in [0.5, 0.6) is 0 Å². The minimum Gasteiger partial charge on any atom is -0.363 e. The third kappa shape index (κ3) is 3.98. The summed E-state index contributed by atoms with van der Waals surface area (Å²) in [6, 6.07) is 14.3. The summed E-state index contributed by atoms with van der Waals surface area (Å²) in [5, 5.41) is 20.4. The van der Waals surface area contributed by atoms with Crippen LogP contribution >= 0.6 is 11.6 Å². The summed E-state index contributed by atoms with van der Waals surface area (Å²) in [5.41, 5.74) is 3.99. The van der Waals surface area contributed by atoms with Crippen molar-refractivity contribution in [1.29, 1.82) is 5.26 Å². The summed E-state index contributed by atoms with van der Waals surface area (Å²) in [5.74, 6) is 0.228. The van der Waals surface area contributed by atoms with Crippen LogP contribution in [0.2, 0.25) is 5.02 Å². The number of rotatable bonds is 5.